The first-order valence-electron chi connectivity index (χ1n) is 5.35. The van der Waals surface area contributed by atoms with Gasteiger partial charge in [-0.3, -0.25) is 0 Å². The Hall–Kier alpha value is -0.160. The smallest absolute Gasteiger partial charge is 0.163 e. The highest BCUT2D eigenvalue weighted by Crippen LogP contribution is 2.24. The van der Waals surface area contributed by atoms with Gasteiger partial charge in [0.05, 0.1) is 19.3 Å². The molecule has 1 rings (SSSR count). The van der Waals surface area contributed by atoms with Crippen LogP contribution in [0.1, 0.15) is 34.1 Å². The Labute approximate surface area is 91.8 Å². The van der Waals surface area contributed by atoms with Crippen molar-refractivity contribution in [2.75, 3.05) is 20.3 Å². The van der Waals surface area contributed by atoms with E-state index in [1.807, 2.05) is 27.7 Å². The summed E-state index contributed by atoms with van der Waals surface area (Å²) in [5.41, 5.74) is 0. The van der Waals surface area contributed by atoms with Gasteiger partial charge in [-0.15, -0.1) is 0 Å². The Morgan fingerprint density at radius 2 is 2.07 bits per heavy atom. The van der Waals surface area contributed by atoms with Gasteiger partial charge in [0, 0.05) is 7.11 Å². The van der Waals surface area contributed by atoms with Gasteiger partial charge in [-0.05, 0) is 34.1 Å². The van der Waals surface area contributed by atoms with Crippen molar-refractivity contribution >= 4 is 0 Å². The van der Waals surface area contributed by atoms with Crippen LogP contribution >= 0.6 is 0 Å². The molecule has 4 heteroatoms. The number of hydrogen-bond donors (Lipinski definition) is 0. The molecule has 0 bridgehead atoms. The Kier molecular flexibility index (Phi) is 4.12. The van der Waals surface area contributed by atoms with Gasteiger partial charge in [0.15, 0.2) is 11.6 Å². The number of methoxy groups -OCH3 is 1. The summed E-state index contributed by atoms with van der Waals surface area (Å²) < 4.78 is 21.8. The fourth-order valence-corrected chi connectivity index (χ4v) is 1.40. The summed E-state index contributed by atoms with van der Waals surface area (Å²) in [7, 11) is 1.64. The van der Waals surface area contributed by atoms with E-state index >= 15 is 0 Å². The van der Waals surface area contributed by atoms with Gasteiger partial charge in [-0.25, -0.2) is 0 Å². The molecule has 1 aliphatic rings. The predicted molar refractivity (Wildman–Crippen MR) is 56.6 cm³/mol. The minimum Gasteiger partial charge on any atom is -0.354 e. The molecule has 1 fully saturated rings. The lowest BCUT2D eigenvalue weighted by atomic mass is 10.3. The molecule has 90 valence electrons. The Bertz CT molecular complexity index is 201. The highest BCUT2D eigenvalue weighted by atomic mass is 16.7. The third-order valence-corrected chi connectivity index (χ3v) is 2.45. The Morgan fingerprint density at radius 1 is 1.40 bits per heavy atom. The fourth-order valence-electron chi connectivity index (χ4n) is 1.40. The van der Waals surface area contributed by atoms with Crippen LogP contribution in [0.3, 0.4) is 0 Å². The minimum absolute atomic E-state index is 0.132. The van der Waals surface area contributed by atoms with Crippen LogP contribution in [0.5, 0.6) is 0 Å². The summed E-state index contributed by atoms with van der Waals surface area (Å²) in [6.45, 7) is 8.89. The third kappa shape index (κ3) is 4.47. The van der Waals surface area contributed by atoms with Gasteiger partial charge in [0.1, 0.15) is 0 Å². The van der Waals surface area contributed by atoms with E-state index in [2.05, 4.69) is 0 Å². The minimum atomic E-state index is -0.519. The van der Waals surface area contributed by atoms with Gasteiger partial charge >= 0.3 is 0 Å². The van der Waals surface area contributed by atoms with Crippen LogP contribution in [0.4, 0.5) is 0 Å². The van der Waals surface area contributed by atoms with E-state index in [1.165, 1.54) is 0 Å². The molecule has 15 heavy (non-hydrogen) atoms. The largest absolute Gasteiger partial charge is 0.354 e. The molecule has 0 aromatic heterocycles. The van der Waals surface area contributed by atoms with Crippen molar-refractivity contribution in [3.8, 4) is 0 Å². The second kappa shape index (κ2) is 4.78. The van der Waals surface area contributed by atoms with E-state index in [4.69, 9.17) is 18.9 Å². The summed E-state index contributed by atoms with van der Waals surface area (Å²) in [6.07, 6.45) is 0.962. The van der Waals surface area contributed by atoms with Crippen molar-refractivity contribution in [1.29, 1.82) is 0 Å². The van der Waals surface area contributed by atoms with E-state index in [-0.39, 0.29) is 6.10 Å². The molecule has 0 amide bonds. The monoisotopic (exact) mass is 218 g/mol. The zero-order valence-corrected chi connectivity index (χ0v) is 10.3. The van der Waals surface area contributed by atoms with Crippen LogP contribution in [0.25, 0.3) is 0 Å². The Balaban J connectivity index is 2.17. The zero-order chi connectivity index (χ0) is 11.5. The average molecular weight is 218 g/mol. The van der Waals surface area contributed by atoms with E-state index in [9.17, 15) is 0 Å². The second-order valence-corrected chi connectivity index (χ2v) is 4.69. The van der Waals surface area contributed by atoms with Crippen LogP contribution in [0.2, 0.25) is 0 Å². The first-order valence-corrected chi connectivity index (χ1v) is 5.35. The maximum absolute atomic E-state index is 5.65. The molecule has 0 saturated carbocycles. The predicted octanol–water partition coefficient (Wildman–Crippen LogP) is 1.93. The summed E-state index contributed by atoms with van der Waals surface area (Å²) in [5, 5.41) is 0. The summed E-state index contributed by atoms with van der Waals surface area (Å²) in [4.78, 5) is 0. The number of ether oxygens (including phenoxy) is 4. The van der Waals surface area contributed by atoms with Crippen LogP contribution in [0.15, 0.2) is 0 Å². The molecule has 0 aromatic rings. The van der Waals surface area contributed by atoms with Gasteiger partial charge in [0.25, 0.3) is 0 Å². The molecular formula is C11H22O4. The molecule has 1 heterocycles. The maximum Gasteiger partial charge on any atom is 0.163 e. The van der Waals surface area contributed by atoms with Crippen LogP contribution in [-0.2, 0) is 18.9 Å². The molecule has 1 saturated heterocycles. The quantitative estimate of drug-likeness (QED) is 0.661. The normalized spacial score (nSPS) is 25.8. The molecular weight excluding hydrogens is 196 g/mol. The first kappa shape index (κ1) is 12.9. The number of rotatable bonds is 5. The van der Waals surface area contributed by atoms with Crippen molar-refractivity contribution in [3.05, 3.63) is 0 Å². The molecule has 1 unspecified atom stereocenters. The summed E-state index contributed by atoms with van der Waals surface area (Å²) >= 11 is 0. The van der Waals surface area contributed by atoms with Crippen LogP contribution in [-0.4, -0.2) is 38.0 Å². The van der Waals surface area contributed by atoms with E-state index in [1.54, 1.807) is 7.11 Å². The molecule has 4 nitrogen and oxygen atoms in total. The van der Waals surface area contributed by atoms with Gasteiger partial charge in [-0.2, -0.15) is 0 Å². The van der Waals surface area contributed by atoms with Crippen molar-refractivity contribution < 1.29 is 18.9 Å². The Morgan fingerprint density at radius 3 is 2.53 bits per heavy atom. The molecule has 0 aliphatic carbocycles. The molecule has 0 radical (unpaired) electrons. The van der Waals surface area contributed by atoms with Gasteiger partial charge in [0.2, 0.25) is 0 Å². The fraction of sp³-hybridized carbons (Fsp3) is 1.00. The maximum atomic E-state index is 5.65. The SMILES string of the molecule is COC(C)(C)OCCC1COC(C)(C)O1. The van der Waals surface area contributed by atoms with Crippen molar-refractivity contribution in [3.63, 3.8) is 0 Å². The standard InChI is InChI=1S/C11H22O4/c1-10(2,12-5)13-7-6-9-8-14-11(3,4)15-9/h9H,6-8H2,1-5H3. The molecule has 1 aliphatic heterocycles. The van der Waals surface area contributed by atoms with Crippen molar-refractivity contribution in [1.82, 2.24) is 0 Å². The lowest BCUT2D eigenvalue weighted by molar-refractivity contribution is -0.201. The lowest BCUT2D eigenvalue weighted by Gasteiger charge is -2.24. The lowest BCUT2D eigenvalue weighted by Crippen LogP contribution is -2.29. The van der Waals surface area contributed by atoms with Crippen molar-refractivity contribution in [2.24, 2.45) is 0 Å². The molecule has 0 aromatic carbocycles. The molecule has 1 atom stereocenters. The molecule has 0 spiro atoms. The first-order chi connectivity index (χ1) is 6.85. The van der Waals surface area contributed by atoms with Gasteiger partial charge < -0.3 is 18.9 Å². The average Bonchev–Trinajstić information content (AvgIpc) is 2.45. The summed E-state index contributed by atoms with van der Waals surface area (Å²) in [5.74, 6) is -0.962. The van der Waals surface area contributed by atoms with Crippen LogP contribution in [0, 0.1) is 0 Å². The summed E-state index contributed by atoms with van der Waals surface area (Å²) in [6, 6.07) is 0. The van der Waals surface area contributed by atoms with Crippen molar-refractivity contribution in [2.45, 2.75) is 51.8 Å². The highest BCUT2D eigenvalue weighted by molar-refractivity contribution is 4.70. The van der Waals surface area contributed by atoms with E-state index in [0.717, 1.165) is 6.42 Å². The zero-order valence-electron chi connectivity index (χ0n) is 10.3. The van der Waals surface area contributed by atoms with Crippen LogP contribution < -0.4 is 0 Å². The topological polar surface area (TPSA) is 36.9 Å². The molecule has 0 N–H and O–H groups in total. The van der Waals surface area contributed by atoms with Gasteiger partial charge in [-0.1, -0.05) is 0 Å². The van der Waals surface area contributed by atoms with E-state index in [0.29, 0.717) is 13.2 Å². The highest BCUT2D eigenvalue weighted by Gasteiger charge is 2.32. The second-order valence-electron chi connectivity index (χ2n) is 4.69. The third-order valence-electron chi connectivity index (χ3n) is 2.45. The van der Waals surface area contributed by atoms with E-state index < -0.39 is 11.6 Å². The number of hydrogen-bond acceptors (Lipinski definition) is 4.